The van der Waals surface area contributed by atoms with Crippen molar-refractivity contribution in [2.75, 3.05) is 18.4 Å². The molecular weight excluding hydrogens is 356 g/mol. The minimum Gasteiger partial charge on any atom is -0.444 e. The van der Waals surface area contributed by atoms with Gasteiger partial charge in [-0.1, -0.05) is 0 Å². The number of aromatic nitrogens is 4. The molecule has 1 amide bonds. The molecule has 152 valence electrons. The quantitative estimate of drug-likeness (QED) is 0.829. The van der Waals surface area contributed by atoms with Crippen LogP contribution in [0.25, 0.3) is 0 Å². The Bertz CT molecular complexity index is 798. The van der Waals surface area contributed by atoms with Gasteiger partial charge in [-0.2, -0.15) is 5.10 Å². The molecule has 0 spiro atoms. The normalized spacial score (nSPS) is 17.9. The van der Waals surface area contributed by atoms with Crippen LogP contribution < -0.4 is 5.32 Å². The molecule has 8 heteroatoms. The fraction of sp³-hybridized carbons (Fsp3) is 0.600. The summed E-state index contributed by atoms with van der Waals surface area (Å²) in [7, 11) is 0. The summed E-state index contributed by atoms with van der Waals surface area (Å²) < 4.78 is 5.51. The molecule has 0 bridgehead atoms. The van der Waals surface area contributed by atoms with E-state index in [-0.39, 0.29) is 6.09 Å². The largest absolute Gasteiger partial charge is 0.444 e. The maximum absolute atomic E-state index is 12.3. The van der Waals surface area contributed by atoms with Crippen molar-refractivity contribution in [1.82, 2.24) is 25.1 Å². The lowest BCUT2D eigenvalue weighted by atomic mass is 9.96. The number of anilines is 2. The van der Waals surface area contributed by atoms with Crippen molar-refractivity contribution < 1.29 is 9.53 Å². The lowest BCUT2D eigenvalue weighted by molar-refractivity contribution is 0.0255. The zero-order valence-corrected chi connectivity index (χ0v) is 17.2. The van der Waals surface area contributed by atoms with E-state index in [1.807, 2.05) is 44.7 Å². The van der Waals surface area contributed by atoms with Gasteiger partial charge in [-0.15, -0.1) is 0 Å². The third-order valence-electron chi connectivity index (χ3n) is 4.64. The molecule has 1 saturated heterocycles. The fourth-order valence-electron chi connectivity index (χ4n) is 3.32. The van der Waals surface area contributed by atoms with Gasteiger partial charge in [-0.25, -0.2) is 14.8 Å². The minimum absolute atomic E-state index is 0.218. The molecule has 2 aromatic rings. The average Bonchev–Trinajstić information content (AvgIpc) is 2.87. The van der Waals surface area contributed by atoms with Crippen LogP contribution in [-0.4, -0.2) is 49.8 Å². The number of hydrogen-bond donors (Lipinski definition) is 2. The number of ether oxygens (including phenoxy) is 1. The Labute approximate surface area is 166 Å². The Kier molecular flexibility index (Phi) is 6.16. The van der Waals surface area contributed by atoms with Gasteiger partial charge in [-0.05, 0) is 58.9 Å². The standard InChI is InChI=1S/C20H30N6O2/c1-14-12-18(25-24-14)23-16-7-9-21-17(22-16)13-15-6-5-10-26(11-8-15)19(27)28-20(2,3)4/h7,9,12,15H,5-6,8,10-11,13H2,1-4H3,(H2,21,22,23,24,25)/t15-/m1/s1. The highest BCUT2D eigenvalue weighted by molar-refractivity contribution is 5.68. The second kappa shape index (κ2) is 8.58. The zero-order valence-electron chi connectivity index (χ0n) is 17.2. The number of carbonyl (C=O) groups excluding carboxylic acids is 1. The van der Waals surface area contributed by atoms with Crippen LogP contribution in [0.2, 0.25) is 0 Å². The monoisotopic (exact) mass is 386 g/mol. The van der Waals surface area contributed by atoms with Gasteiger partial charge in [0.1, 0.15) is 17.2 Å². The number of likely N-dealkylation sites (tertiary alicyclic amines) is 1. The van der Waals surface area contributed by atoms with E-state index < -0.39 is 5.60 Å². The molecule has 1 fully saturated rings. The summed E-state index contributed by atoms with van der Waals surface area (Å²) in [6, 6.07) is 3.77. The van der Waals surface area contributed by atoms with E-state index in [2.05, 4.69) is 25.5 Å². The summed E-state index contributed by atoms with van der Waals surface area (Å²) in [6.07, 6.45) is 5.31. The number of amides is 1. The van der Waals surface area contributed by atoms with E-state index in [0.717, 1.165) is 55.4 Å². The second-order valence-electron chi connectivity index (χ2n) is 8.39. The highest BCUT2D eigenvalue weighted by Crippen LogP contribution is 2.23. The molecule has 2 aromatic heterocycles. The lowest BCUT2D eigenvalue weighted by Gasteiger charge is -2.26. The Balaban J connectivity index is 1.55. The molecule has 0 radical (unpaired) electrons. The Morgan fingerprint density at radius 3 is 2.86 bits per heavy atom. The third kappa shape index (κ3) is 5.94. The molecule has 8 nitrogen and oxygen atoms in total. The Morgan fingerprint density at radius 1 is 1.32 bits per heavy atom. The van der Waals surface area contributed by atoms with Crippen molar-refractivity contribution in [2.24, 2.45) is 5.92 Å². The number of rotatable bonds is 4. The fourth-order valence-corrected chi connectivity index (χ4v) is 3.32. The van der Waals surface area contributed by atoms with E-state index >= 15 is 0 Å². The molecule has 0 aliphatic carbocycles. The molecule has 0 unspecified atom stereocenters. The molecule has 1 aliphatic rings. The Morgan fingerprint density at radius 2 is 2.14 bits per heavy atom. The van der Waals surface area contributed by atoms with Crippen LogP contribution in [0, 0.1) is 12.8 Å². The van der Waals surface area contributed by atoms with E-state index in [1.165, 1.54) is 0 Å². The van der Waals surface area contributed by atoms with Crippen molar-refractivity contribution in [3.63, 3.8) is 0 Å². The highest BCUT2D eigenvalue weighted by Gasteiger charge is 2.25. The van der Waals surface area contributed by atoms with Gasteiger partial charge in [0.05, 0.1) is 0 Å². The van der Waals surface area contributed by atoms with E-state index in [0.29, 0.717) is 12.5 Å². The first kappa shape index (κ1) is 20.1. The number of H-pyrrole nitrogens is 1. The number of aromatic amines is 1. The van der Waals surface area contributed by atoms with Crippen LogP contribution >= 0.6 is 0 Å². The highest BCUT2D eigenvalue weighted by atomic mass is 16.6. The van der Waals surface area contributed by atoms with E-state index in [9.17, 15) is 4.79 Å². The van der Waals surface area contributed by atoms with Crippen LogP contribution in [0.15, 0.2) is 18.3 Å². The molecule has 3 rings (SSSR count). The van der Waals surface area contributed by atoms with E-state index in [1.54, 1.807) is 6.20 Å². The molecule has 1 aliphatic heterocycles. The summed E-state index contributed by atoms with van der Waals surface area (Å²) in [5, 5.41) is 10.3. The van der Waals surface area contributed by atoms with Crippen LogP contribution in [-0.2, 0) is 11.2 Å². The van der Waals surface area contributed by atoms with Gasteiger partial charge in [0.2, 0.25) is 0 Å². The molecule has 2 N–H and O–H groups in total. The molecule has 0 aromatic carbocycles. The van der Waals surface area contributed by atoms with Crippen molar-refractivity contribution in [3.05, 3.63) is 29.8 Å². The number of carbonyl (C=O) groups is 1. The molecule has 1 atom stereocenters. The summed E-state index contributed by atoms with van der Waals surface area (Å²) in [5.41, 5.74) is 0.529. The molecular formula is C20H30N6O2. The number of hydrogen-bond acceptors (Lipinski definition) is 6. The van der Waals surface area contributed by atoms with Crippen LogP contribution in [0.1, 0.15) is 51.6 Å². The van der Waals surface area contributed by atoms with Crippen molar-refractivity contribution in [2.45, 2.75) is 59.0 Å². The number of nitrogens with one attached hydrogen (secondary N) is 2. The Hall–Kier alpha value is -2.64. The first-order valence-corrected chi connectivity index (χ1v) is 9.87. The van der Waals surface area contributed by atoms with Gasteiger partial charge >= 0.3 is 6.09 Å². The number of nitrogens with zero attached hydrogens (tertiary/aromatic N) is 4. The van der Waals surface area contributed by atoms with Crippen LogP contribution in [0.5, 0.6) is 0 Å². The van der Waals surface area contributed by atoms with Crippen LogP contribution in [0.3, 0.4) is 0 Å². The van der Waals surface area contributed by atoms with Gasteiger partial charge in [0, 0.05) is 37.5 Å². The molecule has 28 heavy (non-hydrogen) atoms. The summed E-state index contributed by atoms with van der Waals surface area (Å²) in [5.74, 6) is 2.74. The molecule has 3 heterocycles. The van der Waals surface area contributed by atoms with Crippen molar-refractivity contribution in [1.29, 1.82) is 0 Å². The summed E-state index contributed by atoms with van der Waals surface area (Å²) in [4.78, 5) is 23.2. The smallest absolute Gasteiger partial charge is 0.410 e. The number of aryl methyl sites for hydroxylation is 1. The third-order valence-corrected chi connectivity index (χ3v) is 4.64. The maximum atomic E-state index is 12.3. The summed E-state index contributed by atoms with van der Waals surface area (Å²) in [6.45, 7) is 9.10. The average molecular weight is 387 g/mol. The first-order valence-electron chi connectivity index (χ1n) is 9.87. The van der Waals surface area contributed by atoms with Gasteiger partial charge in [-0.3, -0.25) is 5.10 Å². The van der Waals surface area contributed by atoms with Crippen molar-refractivity contribution in [3.8, 4) is 0 Å². The van der Waals surface area contributed by atoms with E-state index in [4.69, 9.17) is 4.74 Å². The molecule has 0 saturated carbocycles. The van der Waals surface area contributed by atoms with Gasteiger partial charge in [0.25, 0.3) is 0 Å². The van der Waals surface area contributed by atoms with Crippen molar-refractivity contribution >= 4 is 17.7 Å². The summed E-state index contributed by atoms with van der Waals surface area (Å²) >= 11 is 0. The maximum Gasteiger partial charge on any atom is 0.410 e. The predicted octanol–water partition coefficient (Wildman–Crippen LogP) is 3.83. The van der Waals surface area contributed by atoms with Crippen LogP contribution in [0.4, 0.5) is 16.4 Å². The predicted molar refractivity (Wildman–Crippen MR) is 107 cm³/mol. The lowest BCUT2D eigenvalue weighted by Crippen LogP contribution is -2.37. The SMILES string of the molecule is Cc1cc(Nc2ccnc(C[C@@H]3CCCN(C(=O)OC(C)(C)C)CC3)n2)n[nH]1. The first-order chi connectivity index (χ1) is 13.3. The zero-order chi connectivity index (χ0) is 20.1. The minimum atomic E-state index is -0.461. The second-order valence-corrected chi connectivity index (χ2v) is 8.39. The topological polar surface area (TPSA) is 96.0 Å². The van der Waals surface area contributed by atoms with Gasteiger partial charge < -0.3 is 15.0 Å². The van der Waals surface area contributed by atoms with Gasteiger partial charge in [0.15, 0.2) is 5.82 Å².